The molecule has 2 N–H and O–H groups in total. The fourth-order valence-electron chi connectivity index (χ4n) is 2.15. The largest absolute Gasteiger partial charge is 0.399 e. The molecule has 104 valence electrons. The van der Waals surface area contributed by atoms with Crippen LogP contribution in [0.4, 0.5) is 15.8 Å². The minimum absolute atomic E-state index is 0.0216. The van der Waals surface area contributed by atoms with E-state index in [2.05, 4.69) is 0 Å². The molecule has 0 bridgehead atoms. The number of carbonyl (C=O) groups excluding carboxylic acids is 1. The molecule has 0 atom stereocenters. The Hall–Kier alpha value is -2.36. The molecule has 0 spiro atoms. The number of rotatable bonds is 2. The van der Waals surface area contributed by atoms with Gasteiger partial charge in [-0.05, 0) is 55.3 Å². The van der Waals surface area contributed by atoms with Gasteiger partial charge in [-0.15, -0.1) is 0 Å². The van der Waals surface area contributed by atoms with Gasteiger partial charge in [0.25, 0.3) is 5.91 Å². The van der Waals surface area contributed by atoms with Gasteiger partial charge in [-0.25, -0.2) is 4.39 Å². The molecule has 3 nitrogen and oxygen atoms in total. The number of hydrogen-bond donors (Lipinski definition) is 1. The van der Waals surface area contributed by atoms with Gasteiger partial charge in [0.2, 0.25) is 0 Å². The summed E-state index contributed by atoms with van der Waals surface area (Å²) in [6.07, 6.45) is 0. The molecule has 0 aliphatic carbocycles. The topological polar surface area (TPSA) is 46.3 Å². The zero-order valence-corrected chi connectivity index (χ0v) is 11.8. The molecule has 4 heteroatoms. The van der Waals surface area contributed by atoms with E-state index in [0.29, 0.717) is 5.69 Å². The molecule has 2 aromatic carbocycles. The molecular weight excluding hydrogens is 255 g/mol. The normalized spacial score (nSPS) is 10.4. The number of aryl methyl sites for hydroxylation is 2. The second-order valence-electron chi connectivity index (χ2n) is 4.95. The van der Waals surface area contributed by atoms with E-state index in [4.69, 9.17) is 5.73 Å². The smallest absolute Gasteiger partial charge is 0.261 e. The molecule has 0 aromatic heterocycles. The van der Waals surface area contributed by atoms with Gasteiger partial charge >= 0.3 is 0 Å². The van der Waals surface area contributed by atoms with Gasteiger partial charge in [0, 0.05) is 18.4 Å². The number of anilines is 2. The van der Waals surface area contributed by atoms with Crippen LogP contribution in [0.15, 0.2) is 36.4 Å². The maximum Gasteiger partial charge on any atom is 0.261 e. The molecule has 0 saturated carbocycles. The van der Waals surface area contributed by atoms with Crippen LogP contribution in [-0.2, 0) is 0 Å². The molecule has 2 aromatic rings. The van der Waals surface area contributed by atoms with Crippen LogP contribution < -0.4 is 10.6 Å². The highest BCUT2D eigenvalue weighted by Gasteiger charge is 2.18. The molecule has 0 fully saturated rings. The first-order chi connectivity index (χ1) is 9.38. The van der Waals surface area contributed by atoms with Gasteiger partial charge in [0.1, 0.15) is 5.82 Å². The highest BCUT2D eigenvalue weighted by molar-refractivity contribution is 6.06. The number of nitrogens with zero attached hydrogens (tertiary/aromatic N) is 1. The maximum absolute atomic E-state index is 13.8. The lowest BCUT2D eigenvalue weighted by atomic mass is 10.1. The average molecular weight is 272 g/mol. The predicted molar refractivity (Wildman–Crippen MR) is 79.5 cm³/mol. The molecule has 1 amide bonds. The number of benzene rings is 2. The molecule has 0 aliphatic heterocycles. The standard InChI is InChI=1S/C16H17FN2O/c1-10-6-11(2)8-13(7-10)19(3)16(20)14-9-12(18)4-5-15(14)17/h4-9H,18H2,1-3H3. The third-order valence-electron chi connectivity index (χ3n) is 3.12. The second kappa shape index (κ2) is 5.33. The number of halogens is 1. The van der Waals surface area contributed by atoms with Crippen molar-refractivity contribution in [2.24, 2.45) is 0 Å². The van der Waals surface area contributed by atoms with Crippen molar-refractivity contribution in [3.05, 3.63) is 58.9 Å². The van der Waals surface area contributed by atoms with Gasteiger partial charge in [-0.3, -0.25) is 4.79 Å². The fourth-order valence-corrected chi connectivity index (χ4v) is 2.15. The molecule has 20 heavy (non-hydrogen) atoms. The third-order valence-corrected chi connectivity index (χ3v) is 3.12. The minimum atomic E-state index is -0.569. The molecule has 0 radical (unpaired) electrons. The molecule has 0 saturated heterocycles. The van der Waals surface area contributed by atoms with Crippen LogP contribution in [0.1, 0.15) is 21.5 Å². The average Bonchev–Trinajstić information content (AvgIpc) is 2.38. The van der Waals surface area contributed by atoms with E-state index in [0.717, 1.165) is 16.8 Å². The summed E-state index contributed by atoms with van der Waals surface area (Å²) in [7, 11) is 1.62. The van der Waals surface area contributed by atoms with Crippen LogP contribution in [0.25, 0.3) is 0 Å². The first-order valence-corrected chi connectivity index (χ1v) is 6.30. The van der Waals surface area contributed by atoms with Gasteiger partial charge in [-0.2, -0.15) is 0 Å². The Balaban J connectivity index is 2.39. The van der Waals surface area contributed by atoms with Crippen LogP contribution in [0.3, 0.4) is 0 Å². The summed E-state index contributed by atoms with van der Waals surface area (Å²) >= 11 is 0. The van der Waals surface area contributed by atoms with Gasteiger partial charge in [0.05, 0.1) is 5.56 Å². The lowest BCUT2D eigenvalue weighted by Crippen LogP contribution is -2.27. The quantitative estimate of drug-likeness (QED) is 0.853. The number of hydrogen-bond acceptors (Lipinski definition) is 2. The number of amides is 1. The zero-order valence-electron chi connectivity index (χ0n) is 11.8. The van der Waals surface area contributed by atoms with Crippen molar-refractivity contribution in [2.45, 2.75) is 13.8 Å². The Morgan fingerprint density at radius 1 is 1.10 bits per heavy atom. The highest BCUT2D eigenvalue weighted by atomic mass is 19.1. The summed E-state index contributed by atoms with van der Waals surface area (Å²) in [5, 5.41) is 0. The van der Waals surface area contributed by atoms with Crippen LogP contribution in [0.5, 0.6) is 0 Å². The van der Waals surface area contributed by atoms with E-state index >= 15 is 0 Å². The SMILES string of the molecule is Cc1cc(C)cc(N(C)C(=O)c2cc(N)ccc2F)c1. The van der Waals surface area contributed by atoms with Crippen LogP contribution in [0.2, 0.25) is 0 Å². The molecule has 0 aliphatic rings. The number of carbonyl (C=O) groups is 1. The van der Waals surface area contributed by atoms with E-state index in [1.165, 1.54) is 23.1 Å². The van der Waals surface area contributed by atoms with Gasteiger partial charge in [0.15, 0.2) is 0 Å². The Morgan fingerprint density at radius 3 is 2.30 bits per heavy atom. The second-order valence-corrected chi connectivity index (χ2v) is 4.95. The zero-order chi connectivity index (χ0) is 14.9. The summed E-state index contributed by atoms with van der Waals surface area (Å²) in [6.45, 7) is 3.91. The summed E-state index contributed by atoms with van der Waals surface area (Å²) in [5.41, 5.74) is 8.79. The first-order valence-electron chi connectivity index (χ1n) is 6.30. The predicted octanol–water partition coefficient (Wildman–Crippen LogP) is 3.30. The van der Waals surface area contributed by atoms with Crippen LogP contribution >= 0.6 is 0 Å². The highest BCUT2D eigenvalue weighted by Crippen LogP contribution is 2.21. The number of nitrogens with two attached hydrogens (primary N) is 1. The van der Waals surface area contributed by atoms with Crippen molar-refractivity contribution in [1.29, 1.82) is 0 Å². The van der Waals surface area contributed by atoms with E-state index in [1.54, 1.807) is 7.05 Å². The van der Waals surface area contributed by atoms with E-state index in [-0.39, 0.29) is 5.56 Å². The van der Waals surface area contributed by atoms with Crippen molar-refractivity contribution in [2.75, 3.05) is 17.7 Å². The summed E-state index contributed by atoms with van der Waals surface area (Å²) in [6, 6.07) is 9.78. The maximum atomic E-state index is 13.8. The monoisotopic (exact) mass is 272 g/mol. The van der Waals surface area contributed by atoms with Crippen molar-refractivity contribution in [3.8, 4) is 0 Å². The van der Waals surface area contributed by atoms with Crippen LogP contribution in [0, 0.1) is 19.7 Å². The summed E-state index contributed by atoms with van der Waals surface area (Å²) < 4.78 is 13.8. The molecule has 0 heterocycles. The Labute approximate surface area is 117 Å². The van der Waals surface area contributed by atoms with Crippen molar-refractivity contribution in [1.82, 2.24) is 0 Å². The number of nitrogen functional groups attached to an aromatic ring is 1. The van der Waals surface area contributed by atoms with Gasteiger partial charge < -0.3 is 10.6 Å². The fraction of sp³-hybridized carbons (Fsp3) is 0.188. The van der Waals surface area contributed by atoms with Crippen molar-refractivity contribution < 1.29 is 9.18 Å². The van der Waals surface area contributed by atoms with Crippen molar-refractivity contribution in [3.63, 3.8) is 0 Å². The van der Waals surface area contributed by atoms with Crippen molar-refractivity contribution >= 4 is 17.3 Å². The minimum Gasteiger partial charge on any atom is -0.399 e. The van der Waals surface area contributed by atoms with E-state index in [9.17, 15) is 9.18 Å². The molecule has 2 rings (SSSR count). The Bertz CT molecular complexity index is 647. The van der Waals surface area contributed by atoms with Gasteiger partial charge in [-0.1, -0.05) is 6.07 Å². The van der Waals surface area contributed by atoms with Crippen LogP contribution in [-0.4, -0.2) is 13.0 Å². The first kappa shape index (κ1) is 14.1. The Morgan fingerprint density at radius 2 is 1.70 bits per heavy atom. The third kappa shape index (κ3) is 2.79. The summed E-state index contributed by atoms with van der Waals surface area (Å²) in [4.78, 5) is 13.8. The molecular formula is C16H17FN2O. The van der Waals surface area contributed by atoms with E-state index in [1.807, 2.05) is 32.0 Å². The molecule has 0 unspecified atom stereocenters. The lowest BCUT2D eigenvalue weighted by Gasteiger charge is -2.19. The Kier molecular flexibility index (Phi) is 3.74. The summed E-state index contributed by atoms with van der Waals surface area (Å²) in [5.74, 6) is -0.986. The lowest BCUT2D eigenvalue weighted by molar-refractivity contribution is 0.0989. The van der Waals surface area contributed by atoms with E-state index < -0.39 is 11.7 Å².